The zero-order chi connectivity index (χ0) is 33.7. The Kier molecular flexibility index (Phi) is 6.85. The second kappa shape index (κ2) is 12.0. The van der Waals surface area contributed by atoms with Crippen LogP contribution >= 0.6 is 0 Å². The highest BCUT2D eigenvalue weighted by atomic mass is 16.3. The summed E-state index contributed by atoms with van der Waals surface area (Å²) >= 11 is 0. The van der Waals surface area contributed by atoms with Crippen molar-refractivity contribution < 1.29 is 4.42 Å². The maximum absolute atomic E-state index is 6.48. The Balaban J connectivity index is 1.14. The first-order valence-corrected chi connectivity index (χ1v) is 17.3. The molecule has 9 aromatic rings. The van der Waals surface area contributed by atoms with Crippen LogP contribution in [0.3, 0.4) is 0 Å². The topological polar surface area (TPSA) is 49.9 Å². The summed E-state index contributed by atoms with van der Waals surface area (Å²) in [6, 6.07) is 61.6. The number of fused-ring (bicyclic) bond motifs is 5. The summed E-state index contributed by atoms with van der Waals surface area (Å²) in [5, 5.41) is 10.6. The number of hydrogen-bond acceptors (Lipinski definition) is 4. The lowest BCUT2D eigenvalue weighted by Crippen LogP contribution is -2.33. The minimum Gasteiger partial charge on any atom is -0.456 e. The molecule has 0 amide bonds. The van der Waals surface area contributed by atoms with Crippen molar-refractivity contribution in [3.63, 3.8) is 0 Å². The fraction of sp³-hybridized carbons (Fsp3) is 0.0213. The highest BCUT2D eigenvalue weighted by molar-refractivity contribution is 6.24. The molecule has 51 heavy (non-hydrogen) atoms. The van der Waals surface area contributed by atoms with Gasteiger partial charge in [0.2, 0.25) is 0 Å². The van der Waals surface area contributed by atoms with Gasteiger partial charge < -0.3 is 9.73 Å². The molecule has 2 heterocycles. The lowest BCUT2D eigenvalue weighted by molar-refractivity contribution is 0.668. The number of benzene rings is 8. The van der Waals surface area contributed by atoms with Crippen LogP contribution in [0.2, 0.25) is 0 Å². The SMILES string of the molecule is c1ccc(-c2cccc3oc4cccc(C5=NC(c6ccc(-c7cccc8ccccc78)cc6)NC(c6ccc7ccccc7c6)=N5)c4c23)cc1. The molecule has 4 nitrogen and oxygen atoms in total. The summed E-state index contributed by atoms with van der Waals surface area (Å²) in [6.45, 7) is 0. The number of nitrogens with one attached hydrogen (secondary N) is 1. The molecule has 0 fully saturated rings. The van der Waals surface area contributed by atoms with Crippen molar-refractivity contribution in [2.75, 3.05) is 0 Å². The van der Waals surface area contributed by atoms with E-state index >= 15 is 0 Å². The van der Waals surface area contributed by atoms with Gasteiger partial charge in [0, 0.05) is 21.9 Å². The van der Waals surface area contributed by atoms with E-state index in [1.807, 2.05) is 24.3 Å². The molecule has 0 bridgehead atoms. The third-order valence-corrected chi connectivity index (χ3v) is 9.94. The highest BCUT2D eigenvalue weighted by Gasteiger charge is 2.25. The fourth-order valence-corrected chi connectivity index (χ4v) is 7.46. The van der Waals surface area contributed by atoms with Crippen LogP contribution in [0.4, 0.5) is 0 Å². The van der Waals surface area contributed by atoms with Crippen molar-refractivity contribution in [2.24, 2.45) is 9.98 Å². The molecule has 1 N–H and O–H groups in total. The van der Waals surface area contributed by atoms with E-state index in [2.05, 4.69) is 157 Å². The molecule has 1 aliphatic rings. The van der Waals surface area contributed by atoms with Gasteiger partial charge >= 0.3 is 0 Å². The normalized spacial score (nSPS) is 14.5. The molecular weight excluding hydrogens is 623 g/mol. The first-order chi connectivity index (χ1) is 25.3. The summed E-state index contributed by atoms with van der Waals surface area (Å²) in [5.41, 5.74) is 9.29. The van der Waals surface area contributed by atoms with E-state index in [1.54, 1.807) is 0 Å². The lowest BCUT2D eigenvalue weighted by Gasteiger charge is -2.24. The Bertz CT molecular complexity index is 2820. The highest BCUT2D eigenvalue weighted by Crippen LogP contribution is 2.39. The number of furan rings is 1. The van der Waals surface area contributed by atoms with Crippen LogP contribution in [-0.4, -0.2) is 11.7 Å². The predicted molar refractivity (Wildman–Crippen MR) is 211 cm³/mol. The van der Waals surface area contributed by atoms with E-state index in [1.165, 1.54) is 27.3 Å². The van der Waals surface area contributed by atoms with Crippen molar-refractivity contribution in [1.82, 2.24) is 5.32 Å². The van der Waals surface area contributed by atoms with E-state index in [9.17, 15) is 0 Å². The fourth-order valence-electron chi connectivity index (χ4n) is 7.46. The smallest absolute Gasteiger partial charge is 0.160 e. The Morgan fingerprint density at radius 1 is 0.451 bits per heavy atom. The molecule has 0 spiro atoms. The monoisotopic (exact) mass is 653 g/mol. The van der Waals surface area contributed by atoms with E-state index in [0.717, 1.165) is 61.0 Å². The first-order valence-electron chi connectivity index (χ1n) is 17.3. The van der Waals surface area contributed by atoms with Crippen molar-refractivity contribution in [3.8, 4) is 22.3 Å². The van der Waals surface area contributed by atoms with Crippen molar-refractivity contribution in [2.45, 2.75) is 6.17 Å². The third kappa shape index (κ3) is 5.08. The number of amidine groups is 2. The summed E-state index contributed by atoms with van der Waals surface area (Å²) in [7, 11) is 0. The molecule has 0 aliphatic carbocycles. The summed E-state index contributed by atoms with van der Waals surface area (Å²) < 4.78 is 6.48. The van der Waals surface area contributed by atoms with Gasteiger partial charge in [-0.05, 0) is 67.6 Å². The van der Waals surface area contributed by atoms with Crippen molar-refractivity contribution in [3.05, 3.63) is 193 Å². The van der Waals surface area contributed by atoms with E-state index < -0.39 is 0 Å². The van der Waals surface area contributed by atoms with Crippen LogP contribution in [0.15, 0.2) is 190 Å². The zero-order valence-electron chi connectivity index (χ0n) is 27.6. The van der Waals surface area contributed by atoms with E-state index in [-0.39, 0.29) is 6.17 Å². The molecule has 0 radical (unpaired) electrons. The number of rotatable bonds is 5. The maximum Gasteiger partial charge on any atom is 0.160 e. The Labute approximate surface area is 295 Å². The van der Waals surface area contributed by atoms with Gasteiger partial charge in [-0.1, -0.05) is 158 Å². The summed E-state index contributed by atoms with van der Waals surface area (Å²) in [6.07, 6.45) is -0.359. The molecule has 0 saturated heterocycles. The van der Waals surface area contributed by atoms with Gasteiger partial charge in [-0.2, -0.15) is 0 Å². The van der Waals surface area contributed by atoms with Gasteiger partial charge in [-0.3, -0.25) is 0 Å². The van der Waals surface area contributed by atoms with Crippen LogP contribution in [0.1, 0.15) is 22.9 Å². The number of hydrogen-bond donors (Lipinski definition) is 1. The summed E-state index contributed by atoms with van der Waals surface area (Å²) in [5.74, 6) is 1.44. The van der Waals surface area contributed by atoms with Gasteiger partial charge in [0.05, 0.1) is 0 Å². The molecule has 1 aliphatic heterocycles. The van der Waals surface area contributed by atoms with Gasteiger partial charge in [0.25, 0.3) is 0 Å². The molecule has 0 saturated carbocycles. The Morgan fingerprint density at radius 2 is 1.06 bits per heavy atom. The Hall–Kier alpha value is -6.78. The predicted octanol–water partition coefficient (Wildman–Crippen LogP) is 11.7. The Morgan fingerprint density at radius 3 is 1.88 bits per heavy atom. The molecule has 1 unspecified atom stereocenters. The van der Waals surface area contributed by atoms with Crippen LogP contribution in [-0.2, 0) is 0 Å². The van der Waals surface area contributed by atoms with Gasteiger partial charge in [0.15, 0.2) is 5.84 Å². The molecular formula is C47H31N3O. The molecule has 1 atom stereocenters. The lowest BCUT2D eigenvalue weighted by atomic mass is 9.96. The van der Waals surface area contributed by atoms with Crippen LogP contribution in [0.5, 0.6) is 0 Å². The molecule has 10 rings (SSSR count). The maximum atomic E-state index is 6.48. The number of aliphatic imine (C=N–C) groups is 2. The molecule has 1 aromatic heterocycles. The standard InChI is InChI=1S/C47H31N3O/c1-2-12-32(13-3-1)39-19-9-21-41-43(39)44-40(20-10-22-42(44)51-41)47-49-45(48-46(50-47)36-28-23-30-11-4-5-15-35(30)29-36)34-26-24-33(25-27-34)38-18-8-16-31-14-6-7-17-37(31)38/h1-29,45H,(H,48,49,50). The van der Waals surface area contributed by atoms with Gasteiger partial charge in [-0.25, -0.2) is 9.98 Å². The van der Waals surface area contributed by atoms with Crippen LogP contribution in [0, 0.1) is 0 Å². The van der Waals surface area contributed by atoms with Crippen LogP contribution < -0.4 is 5.32 Å². The molecule has 4 heteroatoms. The average Bonchev–Trinajstić information content (AvgIpc) is 3.60. The van der Waals surface area contributed by atoms with Crippen molar-refractivity contribution >= 4 is 55.2 Å². The van der Waals surface area contributed by atoms with Crippen molar-refractivity contribution in [1.29, 1.82) is 0 Å². The van der Waals surface area contributed by atoms with Gasteiger partial charge in [-0.15, -0.1) is 0 Å². The molecule has 240 valence electrons. The molecule has 8 aromatic carbocycles. The third-order valence-electron chi connectivity index (χ3n) is 9.94. The second-order valence-corrected chi connectivity index (χ2v) is 13.0. The first kappa shape index (κ1) is 29.2. The summed E-state index contributed by atoms with van der Waals surface area (Å²) in [4.78, 5) is 10.6. The zero-order valence-corrected chi connectivity index (χ0v) is 27.6. The largest absolute Gasteiger partial charge is 0.456 e. The van der Waals surface area contributed by atoms with Crippen LogP contribution in [0.25, 0.3) is 65.7 Å². The van der Waals surface area contributed by atoms with E-state index in [4.69, 9.17) is 14.4 Å². The quantitative estimate of drug-likeness (QED) is 0.201. The second-order valence-electron chi connectivity index (χ2n) is 13.0. The van der Waals surface area contributed by atoms with Gasteiger partial charge in [0.1, 0.15) is 23.2 Å². The average molecular weight is 654 g/mol. The minimum atomic E-state index is -0.359. The van der Waals surface area contributed by atoms with E-state index in [0.29, 0.717) is 5.84 Å². The number of nitrogens with zero attached hydrogens (tertiary/aromatic N) is 2. The minimum absolute atomic E-state index is 0.359.